The summed E-state index contributed by atoms with van der Waals surface area (Å²) in [4.78, 5) is 49.3. The lowest BCUT2D eigenvalue weighted by molar-refractivity contribution is -0.125. The van der Waals surface area contributed by atoms with Crippen LogP contribution in [-0.4, -0.2) is 34.6 Å². The van der Waals surface area contributed by atoms with E-state index in [1.165, 1.54) is 33.5 Å². The second kappa shape index (κ2) is 13.1. The number of amides is 2. The van der Waals surface area contributed by atoms with Gasteiger partial charge in [-0.15, -0.1) is 0 Å². The third-order valence-electron chi connectivity index (χ3n) is 7.78. The topological polar surface area (TPSA) is 137 Å². The fourth-order valence-electron chi connectivity index (χ4n) is 4.89. The zero-order valence-corrected chi connectivity index (χ0v) is 26.6. The summed E-state index contributed by atoms with van der Waals surface area (Å²) in [6, 6.07) is 13.7. The van der Waals surface area contributed by atoms with Gasteiger partial charge in [0.05, 0.1) is 17.5 Å². The summed E-state index contributed by atoms with van der Waals surface area (Å²) in [6.45, 7) is 5.57. The molecule has 0 unspecified atom stereocenters. The molecule has 4 N–H and O–H groups in total. The van der Waals surface area contributed by atoms with Crippen molar-refractivity contribution in [3.8, 4) is 28.0 Å². The van der Waals surface area contributed by atoms with Crippen LogP contribution in [0.4, 0.5) is 10.1 Å². The van der Waals surface area contributed by atoms with Crippen LogP contribution < -0.4 is 32.4 Å². The van der Waals surface area contributed by atoms with E-state index in [0.29, 0.717) is 49.8 Å². The van der Waals surface area contributed by atoms with Crippen molar-refractivity contribution in [2.45, 2.75) is 27.3 Å². The van der Waals surface area contributed by atoms with Crippen molar-refractivity contribution in [3.05, 3.63) is 103 Å². The normalized spacial score (nSPS) is 11.4. The van der Waals surface area contributed by atoms with Crippen molar-refractivity contribution < 1.29 is 18.7 Å². The van der Waals surface area contributed by atoms with E-state index in [0.717, 1.165) is 9.13 Å². The molecule has 0 atom stereocenters. The zero-order valence-electron chi connectivity index (χ0n) is 25.9. The molecule has 1 aromatic heterocycles. The van der Waals surface area contributed by atoms with Gasteiger partial charge in [-0.2, -0.15) is 0 Å². The van der Waals surface area contributed by atoms with Crippen LogP contribution in [-0.2, 0) is 25.4 Å². The summed E-state index contributed by atoms with van der Waals surface area (Å²) in [6.07, 6.45) is 1.20. The minimum atomic E-state index is -0.811. The molecule has 1 heterocycles. The number of hydrogen-bond acceptors (Lipinski definition) is 6. The largest absolute Gasteiger partial charge is 0.496 e. The molecule has 3 aromatic carbocycles. The third-order valence-corrected chi connectivity index (χ3v) is 8.19. The fraction of sp³-hybridized carbons (Fsp3) is 0.273. The highest BCUT2D eigenvalue weighted by molar-refractivity contribution is 6.36. The number of nitrogens with zero attached hydrogens (tertiary/aromatic N) is 2. The fourth-order valence-corrected chi connectivity index (χ4v) is 5.22. The molecule has 2 amide bonds. The quantitative estimate of drug-likeness (QED) is 0.237. The summed E-state index contributed by atoms with van der Waals surface area (Å²) in [5, 5.41) is 6.20. The highest BCUT2D eigenvalue weighted by Crippen LogP contribution is 2.40. The van der Waals surface area contributed by atoms with Gasteiger partial charge >= 0.3 is 5.69 Å². The summed E-state index contributed by atoms with van der Waals surface area (Å²) in [5.41, 5.74) is 7.00. The van der Waals surface area contributed by atoms with Crippen LogP contribution in [0, 0.1) is 18.2 Å². The van der Waals surface area contributed by atoms with Gasteiger partial charge in [-0.3, -0.25) is 19.0 Å². The Hall–Kier alpha value is -4.74. The van der Waals surface area contributed by atoms with E-state index in [1.54, 1.807) is 51.1 Å². The predicted octanol–water partition coefficient (Wildman–Crippen LogP) is 4.38. The van der Waals surface area contributed by atoms with Gasteiger partial charge in [0.1, 0.15) is 17.1 Å². The molecule has 0 bridgehead atoms. The van der Waals surface area contributed by atoms with Gasteiger partial charge in [-0.25, -0.2) is 9.18 Å². The van der Waals surface area contributed by atoms with Crippen molar-refractivity contribution in [3.63, 3.8) is 0 Å². The SMILES string of the molecule is COc1cc(-c2cccc(-c3cccc(NC(=O)c4cn(C)c(=O)n(C)c4=O)c3C)c2Cl)cc(F)c1CNCC(C)(C)C(N)=O. The minimum absolute atomic E-state index is 0.114. The van der Waals surface area contributed by atoms with E-state index in [2.05, 4.69) is 10.6 Å². The average Bonchev–Trinajstić information content (AvgIpc) is 2.99. The standard InChI is InChI=1S/C33H35ClFN5O5/c1-18-20(9-8-12-26(18)38-29(41)24-16-39(4)32(44)40(5)30(24)42)22-11-7-10-21(28(22)34)19-13-25(35)23(27(14-19)45-6)15-37-17-33(2,3)31(36)43/h7-14,16,37H,15,17H2,1-6H3,(H2,36,43)(H,38,41). The number of aromatic nitrogens is 2. The molecule has 12 heteroatoms. The Morgan fingerprint density at radius 1 is 1.04 bits per heavy atom. The summed E-state index contributed by atoms with van der Waals surface area (Å²) < 4.78 is 23.0. The lowest BCUT2D eigenvalue weighted by atomic mass is 9.92. The van der Waals surface area contributed by atoms with E-state index in [1.807, 2.05) is 12.1 Å². The van der Waals surface area contributed by atoms with Gasteiger partial charge in [-0.1, -0.05) is 41.9 Å². The Labute approximate surface area is 264 Å². The Bertz CT molecular complexity index is 1930. The van der Waals surface area contributed by atoms with Crippen molar-refractivity contribution in [1.29, 1.82) is 0 Å². The molecular formula is C33H35ClFN5O5. The lowest BCUT2D eigenvalue weighted by Gasteiger charge is -2.21. The van der Waals surface area contributed by atoms with Crippen LogP contribution in [0.3, 0.4) is 0 Å². The first kappa shape index (κ1) is 33.2. The monoisotopic (exact) mass is 635 g/mol. The van der Waals surface area contributed by atoms with Crippen molar-refractivity contribution in [1.82, 2.24) is 14.5 Å². The van der Waals surface area contributed by atoms with E-state index in [-0.39, 0.29) is 18.7 Å². The van der Waals surface area contributed by atoms with Crippen LogP contribution in [0.2, 0.25) is 5.02 Å². The molecular weight excluding hydrogens is 601 g/mol. The first-order valence-corrected chi connectivity index (χ1v) is 14.4. The number of nitrogens with two attached hydrogens (primary N) is 1. The van der Waals surface area contributed by atoms with Crippen LogP contribution in [0.5, 0.6) is 5.75 Å². The number of carbonyl (C=O) groups excluding carboxylic acids is 2. The number of halogens is 2. The molecule has 0 radical (unpaired) electrons. The number of nitrogens with one attached hydrogen (secondary N) is 2. The summed E-state index contributed by atoms with van der Waals surface area (Å²) in [7, 11) is 4.21. The highest BCUT2D eigenvalue weighted by Gasteiger charge is 2.25. The van der Waals surface area contributed by atoms with Crippen LogP contribution in [0.25, 0.3) is 22.3 Å². The molecule has 0 aliphatic rings. The maximum atomic E-state index is 15.5. The molecule has 10 nitrogen and oxygen atoms in total. The van der Waals surface area contributed by atoms with Crippen LogP contribution >= 0.6 is 11.6 Å². The van der Waals surface area contributed by atoms with Crippen molar-refractivity contribution in [2.24, 2.45) is 25.2 Å². The maximum absolute atomic E-state index is 15.5. The van der Waals surface area contributed by atoms with Crippen molar-refractivity contribution >= 4 is 29.1 Å². The molecule has 0 saturated carbocycles. The van der Waals surface area contributed by atoms with Gasteiger partial charge in [0.25, 0.3) is 11.5 Å². The van der Waals surface area contributed by atoms with Crippen molar-refractivity contribution in [2.75, 3.05) is 19.0 Å². The van der Waals surface area contributed by atoms with Crippen LogP contribution in [0.1, 0.15) is 35.3 Å². The number of benzene rings is 3. The number of carbonyl (C=O) groups is 2. The minimum Gasteiger partial charge on any atom is -0.496 e. The summed E-state index contributed by atoms with van der Waals surface area (Å²) >= 11 is 6.94. The number of aryl methyl sites for hydroxylation is 1. The van der Waals surface area contributed by atoms with E-state index in [9.17, 15) is 19.2 Å². The Morgan fingerprint density at radius 2 is 1.69 bits per heavy atom. The average molecular weight is 636 g/mol. The Morgan fingerprint density at radius 3 is 2.36 bits per heavy atom. The zero-order chi connectivity index (χ0) is 33.2. The molecule has 0 fully saturated rings. The number of primary amides is 1. The molecule has 45 heavy (non-hydrogen) atoms. The summed E-state index contributed by atoms with van der Waals surface area (Å²) in [5.74, 6) is -1.34. The second-order valence-electron chi connectivity index (χ2n) is 11.4. The maximum Gasteiger partial charge on any atom is 0.330 e. The molecule has 4 aromatic rings. The first-order chi connectivity index (χ1) is 21.2. The van der Waals surface area contributed by atoms with E-state index >= 15 is 4.39 Å². The number of methoxy groups -OCH3 is 1. The Kier molecular flexibility index (Phi) is 9.65. The number of rotatable bonds is 10. The molecule has 236 valence electrons. The number of ether oxygens (including phenoxy) is 1. The molecule has 0 aliphatic heterocycles. The van der Waals surface area contributed by atoms with E-state index < -0.39 is 34.3 Å². The van der Waals surface area contributed by atoms with Gasteiger partial charge < -0.3 is 25.7 Å². The Balaban J connectivity index is 1.67. The molecule has 0 saturated heterocycles. The van der Waals surface area contributed by atoms with Gasteiger partial charge in [0.2, 0.25) is 5.91 Å². The lowest BCUT2D eigenvalue weighted by Crippen LogP contribution is -2.40. The smallest absolute Gasteiger partial charge is 0.330 e. The second-order valence-corrected chi connectivity index (χ2v) is 11.8. The highest BCUT2D eigenvalue weighted by atomic mass is 35.5. The number of hydrogen-bond donors (Lipinski definition) is 3. The van der Waals surface area contributed by atoms with Gasteiger partial charge in [0, 0.05) is 55.8 Å². The molecule has 4 rings (SSSR count). The van der Waals surface area contributed by atoms with Crippen LogP contribution in [0.15, 0.2) is 64.3 Å². The van der Waals surface area contributed by atoms with Gasteiger partial charge in [0.15, 0.2) is 0 Å². The van der Waals surface area contributed by atoms with Gasteiger partial charge in [-0.05, 0) is 55.7 Å². The molecule has 0 aliphatic carbocycles. The first-order valence-electron chi connectivity index (χ1n) is 14.0. The predicted molar refractivity (Wildman–Crippen MR) is 173 cm³/mol. The molecule has 0 spiro atoms. The van der Waals surface area contributed by atoms with E-state index in [4.69, 9.17) is 22.1 Å². The third kappa shape index (κ3) is 6.69. The number of anilines is 1.